The molecule has 1 aromatic heterocycles. The van der Waals surface area contributed by atoms with E-state index in [-0.39, 0.29) is 11.9 Å². The van der Waals surface area contributed by atoms with Crippen molar-refractivity contribution in [3.8, 4) is 0 Å². The molecule has 0 bridgehead atoms. The number of nitrogens with one attached hydrogen (secondary N) is 1. The van der Waals surface area contributed by atoms with Crippen LogP contribution in [0.25, 0.3) is 0 Å². The van der Waals surface area contributed by atoms with Crippen LogP contribution >= 0.6 is 11.6 Å². The van der Waals surface area contributed by atoms with Crippen LogP contribution < -0.4 is 5.32 Å². The van der Waals surface area contributed by atoms with Gasteiger partial charge in [-0.1, -0.05) is 24.6 Å². The number of rotatable bonds is 5. The van der Waals surface area contributed by atoms with E-state index >= 15 is 0 Å². The minimum atomic E-state index is -0.262. The Balaban J connectivity index is 2.30. The Morgan fingerprint density at radius 1 is 1.35 bits per heavy atom. The topological polar surface area (TPSA) is 24.9 Å². The maximum atomic E-state index is 13.4. The molecule has 0 aliphatic heterocycles. The van der Waals surface area contributed by atoms with Gasteiger partial charge in [-0.15, -0.1) is 0 Å². The van der Waals surface area contributed by atoms with Gasteiger partial charge in [-0.25, -0.2) is 4.39 Å². The van der Waals surface area contributed by atoms with Crippen LogP contribution in [0.2, 0.25) is 5.02 Å². The van der Waals surface area contributed by atoms with Crippen molar-refractivity contribution >= 4 is 11.6 Å². The summed E-state index contributed by atoms with van der Waals surface area (Å²) < 4.78 is 13.4. The molecule has 0 spiro atoms. The molecule has 106 valence electrons. The Morgan fingerprint density at radius 3 is 2.85 bits per heavy atom. The zero-order valence-corrected chi connectivity index (χ0v) is 12.4. The lowest BCUT2D eigenvalue weighted by Crippen LogP contribution is -2.24. The van der Waals surface area contributed by atoms with Gasteiger partial charge in [0.2, 0.25) is 0 Å². The first-order chi connectivity index (χ1) is 9.61. The lowest BCUT2D eigenvalue weighted by Gasteiger charge is -2.20. The third-order valence-electron chi connectivity index (χ3n) is 3.31. The number of likely N-dealkylation sites (N-methyl/N-ethyl adjacent to an activating group) is 1. The second-order valence-corrected chi connectivity index (χ2v) is 5.14. The summed E-state index contributed by atoms with van der Waals surface area (Å²) in [5, 5.41) is 4.01. The van der Waals surface area contributed by atoms with E-state index in [0.717, 1.165) is 23.4 Å². The van der Waals surface area contributed by atoms with Crippen LogP contribution in [0, 0.1) is 12.7 Å². The number of aromatic nitrogens is 1. The second kappa shape index (κ2) is 6.82. The Hall–Kier alpha value is -1.45. The minimum Gasteiger partial charge on any atom is -0.310 e. The Morgan fingerprint density at radius 2 is 2.15 bits per heavy atom. The van der Waals surface area contributed by atoms with Gasteiger partial charge in [-0.05, 0) is 55.3 Å². The first kappa shape index (κ1) is 14.9. The van der Waals surface area contributed by atoms with Gasteiger partial charge in [0, 0.05) is 23.0 Å². The monoisotopic (exact) mass is 292 g/mol. The van der Waals surface area contributed by atoms with Gasteiger partial charge < -0.3 is 5.32 Å². The Bertz CT molecular complexity index is 586. The highest BCUT2D eigenvalue weighted by Crippen LogP contribution is 2.25. The number of benzene rings is 1. The third kappa shape index (κ3) is 3.56. The fourth-order valence-corrected chi connectivity index (χ4v) is 2.52. The molecule has 0 saturated heterocycles. The first-order valence-corrected chi connectivity index (χ1v) is 7.08. The number of aryl methyl sites for hydroxylation is 1. The molecular formula is C16H18ClFN2. The summed E-state index contributed by atoms with van der Waals surface area (Å²) in [4.78, 5) is 4.32. The SMILES string of the molecule is CCNC(Cc1cc(F)ccc1Cl)c1cccnc1C. The summed E-state index contributed by atoms with van der Waals surface area (Å²) in [6.45, 7) is 4.85. The Labute approximate surface area is 124 Å². The fraction of sp³-hybridized carbons (Fsp3) is 0.312. The predicted octanol–water partition coefficient (Wildman–Crippen LogP) is 4.08. The van der Waals surface area contributed by atoms with Crippen molar-refractivity contribution < 1.29 is 4.39 Å². The van der Waals surface area contributed by atoms with Gasteiger partial charge in [0.1, 0.15) is 5.82 Å². The van der Waals surface area contributed by atoms with Crippen molar-refractivity contribution in [2.45, 2.75) is 26.3 Å². The maximum absolute atomic E-state index is 13.4. The molecule has 0 aliphatic carbocycles. The first-order valence-electron chi connectivity index (χ1n) is 6.70. The van der Waals surface area contributed by atoms with Crippen molar-refractivity contribution in [3.05, 3.63) is 64.2 Å². The van der Waals surface area contributed by atoms with Crippen molar-refractivity contribution in [1.82, 2.24) is 10.3 Å². The molecule has 1 N–H and O–H groups in total. The van der Waals surface area contributed by atoms with Gasteiger partial charge in [0.05, 0.1) is 0 Å². The molecule has 20 heavy (non-hydrogen) atoms. The second-order valence-electron chi connectivity index (χ2n) is 4.73. The minimum absolute atomic E-state index is 0.0769. The molecular weight excluding hydrogens is 275 g/mol. The standard InChI is InChI=1S/C16H18ClFN2/c1-3-19-16(14-5-4-8-20-11(14)2)10-12-9-13(18)6-7-15(12)17/h4-9,16,19H,3,10H2,1-2H3. The molecule has 2 nitrogen and oxygen atoms in total. The number of hydrogen-bond acceptors (Lipinski definition) is 2. The summed E-state index contributed by atoms with van der Waals surface area (Å²) in [5.74, 6) is -0.262. The highest BCUT2D eigenvalue weighted by atomic mass is 35.5. The van der Waals surface area contributed by atoms with Crippen LogP contribution in [0.15, 0.2) is 36.5 Å². The van der Waals surface area contributed by atoms with Crippen molar-refractivity contribution in [2.24, 2.45) is 0 Å². The quantitative estimate of drug-likeness (QED) is 0.898. The molecule has 4 heteroatoms. The Kier molecular flexibility index (Phi) is 5.10. The molecule has 1 aromatic carbocycles. The lowest BCUT2D eigenvalue weighted by atomic mass is 9.97. The van der Waals surface area contributed by atoms with Crippen LogP contribution in [0.4, 0.5) is 4.39 Å². The largest absolute Gasteiger partial charge is 0.310 e. The number of nitrogens with zero attached hydrogens (tertiary/aromatic N) is 1. The molecule has 2 aromatic rings. The molecule has 1 atom stereocenters. The van der Waals surface area contributed by atoms with Gasteiger partial charge in [0.15, 0.2) is 0 Å². The summed E-state index contributed by atoms with van der Waals surface area (Å²) >= 11 is 6.16. The molecule has 0 aliphatic rings. The number of pyridine rings is 1. The molecule has 0 saturated carbocycles. The lowest BCUT2D eigenvalue weighted by molar-refractivity contribution is 0.542. The van der Waals surface area contributed by atoms with Crippen LogP contribution in [0.3, 0.4) is 0 Å². The van der Waals surface area contributed by atoms with Crippen LogP contribution in [-0.4, -0.2) is 11.5 Å². The summed E-state index contributed by atoms with van der Waals surface area (Å²) in [6, 6.07) is 8.52. The van der Waals surface area contributed by atoms with Crippen molar-refractivity contribution in [3.63, 3.8) is 0 Å². The summed E-state index contributed by atoms with van der Waals surface area (Å²) in [5.41, 5.74) is 2.90. The average Bonchev–Trinajstić information content (AvgIpc) is 2.43. The van der Waals surface area contributed by atoms with E-state index in [1.807, 2.05) is 26.0 Å². The maximum Gasteiger partial charge on any atom is 0.123 e. The van der Waals surface area contributed by atoms with Crippen molar-refractivity contribution in [1.29, 1.82) is 0 Å². The van der Waals surface area contributed by atoms with Crippen molar-refractivity contribution in [2.75, 3.05) is 6.54 Å². The molecule has 1 unspecified atom stereocenters. The van der Waals surface area contributed by atoms with Gasteiger partial charge in [0.25, 0.3) is 0 Å². The smallest absolute Gasteiger partial charge is 0.123 e. The molecule has 0 radical (unpaired) electrons. The van der Waals surface area contributed by atoms with Crippen LogP contribution in [0.5, 0.6) is 0 Å². The molecule has 0 amide bonds. The molecule has 0 fully saturated rings. The number of halogens is 2. The molecule has 1 heterocycles. The van der Waals surface area contributed by atoms with Crippen LogP contribution in [0.1, 0.15) is 29.8 Å². The fourth-order valence-electron chi connectivity index (χ4n) is 2.32. The number of hydrogen-bond donors (Lipinski definition) is 1. The zero-order valence-electron chi connectivity index (χ0n) is 11.7. The van der Waals surface area contributed by atoms with Gasteiger partial charge in [-0.2, -0.15) is 0 Å². The van der Waals surface area contributed by atoms with E-state index in [2.05, 4.69) is 10.3 Å². The van der Waals surface area contributed by atoms with E-state index < -0.39 is 0 Å². The predicted molar refractivity (Wildman–Crippen MR) is 80.5 cm³/mol. The van der Waals surface area contributed by atoms with Crippen LogP contribution in [-0.2, 0) is 6.42 Å². The summed E-state index contributed by atoms with van der Waals surface area (Å²) in [6.07, 6.45) is 2.41. The van der Waals surface area contributed by atoms with E-state index in [9.17, 15) is 4.39 Å². The zero-order chi connectivity index (χ0) is 14.5. The average molecular weight is 293 g/mol. The highest BCUT2D eigenvalue weighted by molar-refractivity contribution is 6.31. The van der Waals surface area contributed by atoms with E-state index in [1.165, 1.54) is 12.1 Å². The van der Waals surface area contributed by atoms with E-state index in [0.29, 0.717) is 11.4 Å². The highest BCUT2D eigenvalue weighted by Gasteiger charge is 2.15. The van der Waals surface area contributed by atoms with Gasteiger partial charge >= 0.3 is 0 Å². The summed E-state index contributed by atoms with van der Waals surface area (Å²) in [7, 11) is 0. The van der Waals surface area contributed by atoms with E-state index in [4.69, 9.17) is 11.6 Å². The molecule has 2 rings (SSSR count). The van der Waals surface area contributed by atoms with E-state index in [1.54, 1.807) is 12.3 Å². The van der Waals surface area contributed by atoms with Gasteiger partial charge in [-0.3, -0.25) is 4.98 Å². The normalized spacial score (nSPS) is 12.4. The third-order valence-corrected chi connectivity index (χ3v) is 3.67.